The molecule has 0 aliphatic carbocycles. The summed E-state index contributed by atoms with van der Waals surface area (Å²) < 4.78 is 22.0. The fraction of sp³-hybridized carbons (Fsp3) is 0.571. The molecule has 1 aromatic heterocycles. The van der Waals surface area contributed by atoms with Crippen molar-refractivity contribution in [3.05, 3.63) is 15.6 Å². The summed E-state index contributed by atoms with van der Waals surface area (Å²) in [4.78, 5) is 5.16. The molecule has 0 radical (unpaired) electrons. The van der Waals surface area contributed by atoms with Crippen molar-refractivity contribution in [3.63, 3.8) is 0 Å². The lowest BCUT2D eigenvalue weighted by Crippen LogP contribution is -2.02. The lowest BCUT2D eigenvalue weighted by Gasteiger charge is -2.01. The second-order valence-corrected chi connectivity index (χ2v) is 6.99. The van der Waals surface area contributed by atoms with Gasteiger partial charge in [-0.25, -0.2) is 13.4 Å². The lowest BCUT2D eigenvalue weighted by molar-refractivity contribution is 0.600. The molecule has 0 bridgehead atoms. The maximum absolute atomic E-state index is 11.0. The molecule has 74 valence electrons. The highest BCUT2D eigenvalue weighted by atomic mass is 35.7. The Morgan fingerprint density at radius 2 is 2.00 bits per heavy atom. The summed E-state index contributed by atoms with van der Waals surface area (Å²) >= 11 is 1.37. The number of rotatable bonds is 2. The molecular formula is C7H10ClNO2S2. The van der Waals surface area contributed by atoms with E-state index in [1.54, 1.807) is 6.92 Å². The summed E-state index contributed by atoms with van der Waals surface area (Å²) in [5.41, 5.74) is 0.868. The zero-order chi connectivity index (χ0) is 10.2. The molecule has 0 N–H and O–H groups in total. The molecule has 1 heterocycles. The molecule has 3 nitrogen and oxygen atoms in total. The van der Waals surface area contributed by atoms with Gasteiger partial charge in [0.25, 0.3) is 0 Å². The summed E-state index contributed by atoms with van der Waals surface area (Å²) in [7, 11) is 1.68. The highest BCUT2D eigenvalue weighted by molar-refractivity contribution is 8.14. The third kappa shape index (κ3) is 2.42. The monoisotopic (exact) mass is 239 g/mol. The van der Waals surface area contributed by atoms with Crippen molar-refractivity contribution in [3.8, 4) is 0 Å². The van der Waals surface area contributed by atoms with E-state index in [4.69, 9.17) is 10.7 Å². The van der Waals surface area contributed by atoms with Crippen LogP contribution in [0.4, 0.5) is 0 Å². The molecular weight excluding hydrogens is 230 g/mol. The van der Waals surface area contributed by atoms with E-state index in [1.807, 2.05) is 13.8 Å². The number of hydrogen-bond donors (Lipinski definition) is 0. The van der Waals surface area contributed by atoms with E-state index in [9.17, 15) is 8.42 Å². The quantitative estimate of drug-likeness (QED) is 0.745. The van der Waals surface area contributed by atoms with Gasteiger partial charge < -0.3 is 0 Å². The van der Waals surface area contributed by atoms with Crippen molar-refractivity contribution < 1.29 is 8.42 Å². The van der Waals surface area contributed by atoms with E-state index in [2.05, 4.69) is 4.98 Å². The van der Waals surface area contributed by atoms with Crippen LogP contribution in [-0.2, 0) is 9.05 Å². The minimum absolute atomic E-state index is 0.560. The van der Waals surface area contributed by atoms with E-state index in [0.29, 0.717) is 5.01 Å². The van der Waals surface area contributed by atoms with Crippen molar-refractivity contribution in [2.45, 2.75) is 26.0 Å². The van der Waals surface area contributed by atoms with Crippen LogP contribution in [0.25, 0.3) is 0 Å². The molecule has 6 heteroatoms. The number of nitrogens with zero attached hydrogens (tertiary/aromatic N) is 1. The summed E-state index contributed by atoms with van der Waals surface area (Å²) in [6.45, 7) is 5.30. The number of hydrogen-bond acceptors (Lipinski definition) is 4. The van der Waals surface area contributed by atoms with Crippen LogP contribution in [0.2, 0.25) is 0 Å². The number of aromatic nitrogens is 1. The first-order valence-electron chi connectivity index (χ1n) is 3.69. The van der Waals surface area contributed by atoms with Gasteiger partial charge in [-0.15, -0.1) is 11.3 Å². The second-order valence-electron chi connectivity index (χ2n) is 2.81. The maximum atomic E-state index is 11.0. The van der Waals surface area contributed by atoms with Gasteiger partial charge in [0, 0.05) is 15.6 Å². The molecule has 13 heavy (non-hydrogen) atoms. The fourth-order valence-electron chi connectivity index (χ4n) is 0.792. The van der Waals surface area contributed by atoms with Crippen LogP contribution in [0.1, 0.15) is 27.8 Å². The van der Waals surface area contributed by atoms with Crippen molar-refractivity contribution in [1.82, 2.24) is 4.98 Å². The molecule has 1 aromatic rings. The van der Waals surface area contributed by atoms with E-state index < -0.39 is 14.3 Å². The number of thiazole rings is 1. The molecule has 0 fully saturated rings. The minimum Gasteiger partial charge on any atom is -0.245 e. The normalized spacial score (nSPS) is 14.5. The summed E-state index contributed by atoms with van der Waals surface area (Å²) in [6.07, 6.45) is 0. The lowest BCUT2D eigenvalue weighted by atomic mass is 10.4. The zero-order valence-corrected chi connectivity index (χ0v) is 9.92. The molecule has 0 aliphatic rings. The Bertz CT molecular complexity index is 391. The first-order valence-corrected chi connectivity index (χ1v) is 6.88. The second kappa shape index (κ2) is 3.55. The van der Waals surface area contributed by atoms with E-state index in [-0.39, 0.29) is 0 Å². The maximum Gasteiger partial charge on any atom is 0.241 e. The summed E-state index contributed by atoms with van der Waals surface area (Å²) in [6, 6.07) is 0. The molecule has 1 unspecified atom stereocenters. The SMILES string of the molecule is Cc1nc(C(C)S(=O)(=O)Cl)sc1C. The van der Waals surface area contributed by atoms with Gasteiger partial charge in [-0.2, -0.15) is 0 Å². The van der Waals surface area contributed by atoms with Crippen molar-refractivity contribution in [2.24, 2.45) is 0 Å². The zero-order valence-electron chi connectivity index (χ0n) is 7.54. The molecule has 0 saturated carbocycles. The van der Waals surface area contributed by atoms with Crippen molar-refractivity contribution >= 4 is 31.1 Å². The average molecular weight is 240 g/mol. The minimum atomic E-state index is -3.54. The van der Waals surface area contributed by atoms with Gasteiger partial charge in [0.05, 0.1) is 5.69 Å². The Labute approximate surface area is 86.2 Å². The topological polar surface area (TPSA) is 47.0 Å². The fourth-order valence-corrected chi connectivity index (χ4v) is 2.88. The molecule has 0 aliphatic heterocycles. The summed E-state index contributed by atoms with van der Waals surface area (Å²) in [5, 5.41) is -0.156. The summed E-state index contributed by atoms with van der Waals surface area (Å²) in [5.74, 6) is 0. The molecule has 0 amide bonds. The third-order valence-electron chi connectivity index (χ3n) is 1.82. The first-order chi connectivity index (χ1) is 5.82. The van der Waals surface area contributed by atoms with Crippen LogP contribution < -0.4 is 0 Å². The van der Waals surface area contributed by atoms with Crippen molar-refractivity contribution in [1.29, 1.82) is 0 Å². The predicted molar refractivity (Wildman–Crippen MR) is 54.8 cm³/mol. The average Bonchev–Trinajstić information content (AvgIpc) is 2.29. The molecule has 0 saturated heterocycles. The van der Waals surface area contributed by atoms with Gasteiger partial charge in [0.2, 0.25) is 9.05 Å². The standard InChI is InChI=1S/C7H10ClNO2S2/c1-4-5(2)12-7(9-4)6(3)13(8,10)11/h6H,1-3H3. The Morgan fingerprint density at radius 3 is 2.31 bits per heavy atom. The largest absolute Gasteiger partial charge is 0.245 e. The van der Waals surface area contributed by atoms with E-state index in [0.717, 1.165) is 10.6 Å². The van der Waals surface area contributed by atoms with E-state index >= 15 is 0 Å². The number of aryl methyl sites for hydroxylation is 2. The van der Waals surface area contributed by atoms with Crippen LogP contribution >= 0.6 is 22.0 Å². The van der Waals surface area contributed by atoms with Crippen LogP contribution in [0.3, 0.4) is 0 Å². The molecule has 1 atom stereocenters. The van der Waals surface area contributed by atoms with Gasteiger partial charge in [-0.05, 0) is 20.8 Å². The van der Waals surface area contributed by atoms with Crippen LogP contribution in [0.15, 0.2) is 0 Å². The predicted octanol–water partition coefficient (Wildman–Crippen LogP) is 2.39. The Morgan fingerprint density at radius 1 is 1.46 bits per heavy atom. The highest BCUT2D eigenvalue weighted by Crippen LogP contribution is 2.29. The first kappa shape index (κ1) is 10.9. The van der Waals surface area contributed by atoms with Gasteiger partial charge in [0.15, 0.2) is 0 Å². The molecule has 0 aromatic carbocycles. The van der Waals surface area contributed by atoms with Gasteiger partial charge in [-0.1, -0.05) is 0 Å². The van der Waals surface area contributed by atoms with Gasteiger partial charge in [-0.3, -0.25) is 0 Å². The molecule has 1 rings (SSSR count). The van der Waals surface area contributed by atoms with Crippen LogP contribution in [0, 0.1) is 13.8 Å². The number of halogens is 1. The Balaban J connectivity index is 3.10. The molecule has 0 spiro atoms. The highest BCUT2D eigenvalue weighted by Gasteiger charge is 2.23. The Hall–Kier alpha value is -0.130. The van der Waals surface area contributed by atoms with E-state index in [1.165, 1.54) is 11.3 Å². The van der Waals surface area contributed by atoms with Gasteiger partial charge in [0.1, 0.15) is 10.3 Å². The van der Waals surface area contributed by atoms with Crippen LogP contribution in [0.5, 0.6) is 0 Å². The van der Waals surface area contributed by atoms with Crippen molar-refractivity contribution in [2.75, 3.05) is 0 Å². The Kier molecular flexibility index (Phi) is 2.99. The smallest absolute Gasteiger partial charge is 0.241 e. The van der Waals surface area contributed by atoms with Crippen LogP contribution in [-0.4, -0.2) is 13.4 Å². The van der Waals surface area contributed by atoms with Gasteiger partial charge >= 0.3 is 0 Å². The third-order valence-corrected chi connectivity index (χ3v) is 5.09.